The van der Waals surface area contributed by atoms with Crippen LogP contribution in [0.3, 0.4) is 0 Å². The molecule has 2 aromatic carbocycles. The van der Waals surface area contributed by atoms with Crippen LogP contribution in [0.2, 0.25) is 0 Å². The molecule has 0 unspecified atom stereocenters. The molecule has 0 fully saturated rings. The maximum absolute atomic E-state index is 13.6. The zero-order valence-corrected chi connectivity index (χ0v) is 11.3. The zero-order valence-electron chi connectivity index (χ0n) is 11.3. The van der Waals surface area contributed by atoms with E-state index in [1.807, 2.05) is 24.3 Å². The van der Waals surface area contributed by atoms with E-state index in [9.17, 15) is 13.6 Å². The normalized spacial score (nSPS) is 11.0. The number of Topliss-reactive ketones (excluding diaryl/α,β-unsaturated/α-hetero) is 1. The summed E-state index contributed by atoms with van der Waals surface area (Å²) in [7, 11) is 1.77. The van der Waals surface area contributed by atoms with Gasteiger partial charge in [0.15, 0.2) is 5.78 Å². The quantitative estimate of drug-likeness (QED) is 0.693. The van der Waals surface area contributed by atoms with Crippen molar-refractivity contribution in [2.45, 2.75) is 6.42 Å². The first-order chi connectivity index (χ1) is 10.1. The van der Waals surface area contributed by atoms with Crippen LogP contribution in [-0.4, -0.2) is 15.3 Å². The highest BCUT2D eigenvalue weighted by atomic mass is 19.1. The molecule has 0 spiro atoms. The van der Waals surface area contributed by atoms with Gasteiger partial charge in [-0.05, 0) is 24.3 Å². The molecule has 0 amide bonds. The molecule has 0 aliphatic carbocycles. The molecule has 3 nitrogen and oxygen atoms in total. The third kappa shape index (κ3) is 2.31. The molecular weight excluding hydrogens is 274 g/mol. The molecule has 0 aliphatic rings. The van der Waals surface area contributed by atoms with Crippen molar-refractivity contribution in [2.75, 3.05) is 0 Å². The van der Waals surface area contributed by atoms with Gasteiger partial charge >= 0.3 is 0 Å². The molecule has 5 heteroatoms. The Balaban J connectivity index is 1.99. The Morgan fingerprint density at radius 2 is 1.76 bits per heavy atom. The number of nitrogens with zero attached hydrogens (tertiary/aromatic N) is 2. The second-order valence-corrected chi connectivity index (χ2v) is 4.77. The summed E-state index contributed by atoms with van der Waals surface area (Å²) in [4.78, 5) is 16.5. The average Bonchev–Trinajstić information content (AvgIpc) is 2.76. The molecule has 0 radical (unpaired) electrons. The van der Waals surface area contributed by atoms with Crippen LogP contribution in [0, 0.1) is 11.6 Å². The molecule has 0 N–H and O–H groups in total. The van der Waals surface area contributed by atoms with E-state index < -0.39 is 23.0 Å². The number of halogens is 2. The third-order valence-corrected chi connectivity index (χ3v) is 3.44. The van der Waals surface area contributed by atoms with Gasteiger partial charge in [-0.15, -0.1) is 0 Å². The second-order valence-electron chi connectivity index (χ2n) is 4.77. The van der Waals surface area contributed by atoms with Gasteiger partial charge in [-0.2, -0.15) is 0 Å². The predicted molar refractivity (Wildman–Crippen MR) is 75.1 cm³/mol. The minimum absolute atomic E-state index is 0.150. The number of hydrogen-bond acceptors (Lipinski definition) is 2. The van der Waals surface area contributed by atoms with Crippen molar-refractivity contribution in [1.29, 1.82) is 0 Å². The van der Waals surface area contributed by atoms with Gasteiger partial charge in [-0.3, -0.25) is 4.79 Å². The molecule has 106 valence electrons. The fraction of sp³-hybridized carbons (Fsp3) is 0.125. The van der Waals surface area contributed by atoms with Crippen LogP contribution in [0.5, 0.6) is 0 Å². The molecule has 3 rings (SSSR count). The lowest BCUT2D eigenvalue weighted by Gasteiger charge is -2.04. The van der Waals surface area contributed by atoms with Gasteiger partial charge in [-0.25, -0.2) is 13.8 Å². The molecule has 0 aliphatic heterocycles. The van der Waals surface area contributed by atoms with Gasteiger partial charge in [0.1, 0.15) is 17.5 Å². The summed E-state index contributed by atoms with van der Waals surface area (Å²) < 4.78 is 29.0. The Kier molecular flexibility index (Phi) is 3.25. The summed E-state index contributed by atoms with van der Waals surface area (Å²) in [6.07, 6.45) is -0.150. The van der Waals surface area contributed by atoms with E-state index in [2.05, 4.69) is 4.98 Å². The minimum Gasteiger partial charge on any atom is -0.331 e. The maximum atomic E-state index is 13.6. The SMILES string of the molecule is Cn1c(CC(=O)c2c(F)cccc2F)nc2ccccc21. The summed E-state index contributed by atoms with van der Waals surface area (Å²) in [6, 6.07) is 10.8. The topological polar surface area (TPSA) is 34.9 Å². The smallest absolute Gasteiger partial charge is 0.176 e. The predicted octanol–water partition coefficient (Wildman–Crippen LogP) is 3.28. The molecule has 1 heterocycles. The standard InChI is InChI=1S/C16H12F2N2O/c1-20-13-8-3-2-7-12(13)19-15(20)9-14(21)16-10(17)5-4-6-11(16)18/h2-8H,9H2,1H3. The largest absolute Gasteiger partial charge is 0.331 e. The number of imidazole rings is 1. The molecule has 0 bridgehead atoms. The van der Waals surface area contributed by atoms with E-state index in [0.717, 1.165) is 23.2 Å². The van der Waals surface area contributed by atoms with E-state index in [-0.39, 0.29) is 6.42 Å². The first kappa shape index (κ1) is 13.4. The highest BCUT2D eigenvalue weighted by Crippen LogP contribution is 2.18. The molecule has 0 saturated carbocycles. The number of hydrogen-bond donors (Lipinski definition) is 0. The maximum Gasteiger partial charge on any atom is 0.176 e. The van der Waals surface area contributed by atoms with Crippen LogP contribution in [0.15, 0.2) is 42.5 Å². The van der Waals surface area contributed by atoms with Crippen molar-refractivity contribution in [3.8, 4) is 0 Å². The van der Waals surface area contributed by atoms with Crippen LogP contribution in [-0.2, 0) is 13.5 Å². The van der Waals surface area contributed by atoms with Gasteiger partial charge in [-0.1, -0.05) is 18.2 Å². The van der Waals surface area contributed by atoms with Gasteiger partial charge < -0.3 is 4.57 Å². The van der Waals surface area contributed by atoms with Crippen molar-refractivity contribution >= 4 is 16.8 Å². The van der Waals surface area contributed by atoms with Crippen LogP contribution >= 0.6 is 0 Å². The molecule has 0 atom stereocenters. The fourth-order valence-corrected chi connectivity index (χ4v) is 2.35. The van der Waals surface area contributed by atoms with Gasteiger partial charge in [0.05, 0.1) is 23.0 Å². The van der Waals surface area contributed by atoms with Crippen molar-refractivity contribution in [2.24, 2.45) is 7.05 Å². The van der Waals surface area contributed by atoms with E-state index in [4.69, 9.17) is 0 Å². The zero-order chi connectivity index (χ0) is 15.0. The van der Waals surface area contributed by atoms with Crippen molar-refractivity contribution in [3.63, 3.8) is 0 Å². The summed E-state index contributed by atoms with van der Waals surface area (Å²) in [6.45, 7) is 0. The van der Waals surface area contributed by atoms with Crippen LogP contribution in [0.25, 0.3) is 11.0 Å². The monoisotopic (exact) mass is 286 g/mol. The van der Waals surface area contributed by atoms with Crippen LogP contribution in [0.4, 0.5) is 8.78 Å². The Morgan fingerprint density at radius 3 is 2.43 bits per heavy atom. The lowest BCUT2D eigenvalue weighted by molar-refractivity contribution is 0.0982. The summed E-state index contributed by atoms with van der Waals surface area (Å²) in [5.41, 5.74) is 1.11. The van der Waals surface area contributed by atoms with E-state index in [0.29, 0.717) is 5.82 Å². The number of rotatable bonds is 3. The lowest BCUT2D eigenvalue weighted by atomic mass is 10.1. The van der Waals surface area contributed by atoms with Crippen molar-refractivity contribution < 1.29 is 13.6 Å². The van der Waals surface area contributed by atoms with E-state index in [1.165, 1.54) is 6.07 Å². The number of benzene rings is 2. The molecule has 3 aromatic rings. The second kappa shape index (κ2) is 5.09. The number of aryl methyl sites for hydroxylation is 1. The summed E-state index contributed by atoms with van der Waals surface area (Å²) >= 11 is 0. The Bertz CT molecular complexity index is 819. The molecule has 0 saturated heterocycles. The van der Waals surface area contributed by atoms with Crippen LogP contribution in [0.1, 0.15) is 16.2 Å². The number of ketones is 1. The first-order valence-corrected chi connectivity index (χ1v) is 6.45. The lowest BCUT2D eigenvalue weighted by Crippen LogP contribution is -2.12. The third-order valence-electron chi connectivity index (χ3n) is 3.44. The highest BCUT2D eigenvalue weighted by molar-refractivity contribution is 5.98. The Hall–Kier alpha value is -2.56. The molecular formula is C16H12F2N2O. The van der Waals surface area contributed by atoms with Crippen LogP contribution < -0.4 is 0 Å². The highest BCUT2D eigenvalue weighted by Gasteiger charge is 2.19. The van der Waals surface area contributed by atoms with Crippen molar-refractivity contribution in [1.82, 2.24) is 9.55 Å². The Morgan fingerprint density at radius 1 is 1.10 bits per heavy atom. The number of para-hydroxylation sites is 2. The summed E-state index contributed by atoms with van der Waals surface area (Å²) in [5.74, 6) is -1.84. The van der Waals surface area contributed by atoms with E-state index in [1.54, 1.807) is 11.6 Å². The number of fused-ring (bicyclic) bond motifs is 1. The van der Waals surface area contributed by atoms with Gasteiger partial charge in [0.2, 0.25) is 0 Å². The minimum atomic E-state index is -0.848. The summed E-state index contributed by atoms with van der Waals surface area (Å²) in [5, 5.41) is 0. The Labute approximate surface area is 119 Å². The fourth-order valence-electron chi connectivity index (χ4n) is 2.35. The van der Waals surface area contributed by atoms with Gasteiger partial charge in [0.25, 0.3) is 0 Å². The number of carbonyl (C=O) groups is 1. The number of aromatic nitrogens is 2. The first-order valence-electron chi connectivity index (χ1n) is 6.45. The average molecular weight is 286 g/mol. The van der Waals surface area contributed by atoms with Crippen molar-refractivity contribution in [3.05, 3.63) is 65.5 Å². The molecule has 21 heavy (non-hydrogen) atoms. The molecule has 1 aromatic heterocycles. The number of carbonyl (C=O) groups excluding carboxylic acids is 1. The van der Waals surface area contributed by atoms with Gasteiger partial charge in [0, 0.05) is 7.05 Å². The van der Waals surface area contributed by atoms with E-state index >= 15 is 0 Å².